The molecule has 0 aliphatic carbocycles. The molecule has 3 rings (SSSR count). The van der Waals surface area contributed by atoms with E-state index >= 15 is 0 Å². The van der Waals surface area contributed by atoms with E-state index in [1.165, 1.54) is 6.92 Å². The van der Waals surface area contributed by atoms with Gasteiger partial charge in [0.2, 0.25) is 11.9 Å². The Morgan fingerprint density at radius 1 is 1.03 bits per heavy atom. The Labute approximate surface area is 196 Å². The van der Waals surface area contributed by atoms with Crippen LogP contribution in [0.25, 0.3) is 11.2 Å². The summed E-state index contributed by atoms with van der Waals surface area (Å²) in [5.41, 5.74) is 9.35. The zero-order chi connectivity index (χ0) is 23.8. The molecule has 1 atom stereocenters. The summed E-state index contributed by atoms with van der Waals surface area (Å²) in [6.45, 7) is 10.5. The predicted molar refractivity (Wildman–Crippen MR) is 137 cm³/mol. The van der Waals surface area contributed by atoms with Crippen LogP contribution in [0, 0.1) is 0 Å². The van der Waals surface area contributed by atoms with Crippen molar-refractivity contribution in [3.05, 3.63) is 36.4 Å². The quantitative estimate of drug-likeness (QED) is 0.356. The number of benzene rings is 1. The summed E-state index contributed by atoms with van der Waals surface area (Å²) in [5, 5.41) is 6.19. The molecule has 2 heterocycles. The molecular formula is C25H37N7O. The van der Waals surface area contributed by atoms with Crippen LogP contribution in [-0.2, 0) is 4.79 Å². The van der Waals surface area contributed by atoms with Crippen LogP contribution in [0.15, 0.2) is 36.4 Å². The van der Waals surface area contributed by atoms with Gasteiger partial charge >= 0.3 is 0 Å². The average molecular weight is 452 g/mol. The molecule has 8 nitrogen and oxygen atoms in total. The minimum absolute atomic E-state index is 0.0265. The summed E-state index contributed by atoms with van der Waals surface area (Å²) < 4.78 is 2.08. The Kier molecular flexibility index (Phi) is 8.65. The number of anilines is 4. The van der Waals surface area contributed by atoms with E-state index in [0.29, 0.717) is 12.5 Å². The van der Waals surface area contributed by atoms with Crippen LogP contribution in [0.3, 0.4) is 0 Å². The van der Waals surface area contributed by atoms with Crippen molar-refractivity contribution in [3.8, 4) is 0 Å². The number of nitrogens with two attached hydrogens (primary N) is 1. The van der Waals surface area contributed by atoms with E-state index < -0.39 is 0 Å². The fraction of sp³-hybridized carbons (Fsp3) is 0.480. The van der Waals surface area contributed by atoms with E-state index in [9.17, 15) is 4.79 Å². The molecular weight excluding hydrogens is 414 g/mol. The van der Waals surface area contributed by atoms with Crippen LogP contribution in [-0.4, -0.2) is 40.1 Å². The van der Waals surface area contributed by atoms with Crippen molar-refractivity contribution in [1.82, 2.24) is 14.5 Å². The highest BCUT2D eigenvalue weighted by Crippen LogP contribution is 2.28. The number of rotatable bonds is 12. The van der Waals surface area contributed by atoms with Gasteiger partial charge in [-0.1, -0.05) is 26.7 Å². The number of unbranched alkanes of at least 4 members (excludes halogenated alkanes) is 2. The molecule has 0 aliphatic rings. The van der Waals surface area contributed by atoms with Crippen LogP contribution in [0.5, 0.6) is 0 Å². The molecule has 33 heavy (non-hydrogen) atoms. The zero-order valence-corrected chi connectivity index (χ0v) is 20.3. The molecule has 0 saturated heterocycles. The minimum atomic E-state index is -0.0944. The van der Waals surface area contributed by atoms with Gasteiger partial charge < -0.3 is 21.3 Å². The van der Waals surface area contributed by atoms with Gasteiger partial charge in [0.1, 0.15) is 11.3 Å². The van der Waals surface area contributed by atoms with Gasteiger partial charge in [-0.3, -0.25) is 9.36 Å². The number of aromatic nitrogens is 3. The highest BCUT2D eigenvalue weighted by Gasteiger charge is 2.18. The average Bonchev–Trinajstić information content (AvgIpc) is 3.16. The first-order valence-corrected chi connectivity index (χ1v) is 12.0. The summed E-state index contributed by atoms with van der Waals surface area (Å²) in [4.78, 5) is 23.5. The number of carbonyl (C=O) groups is 1. The molecule has 0 fully saturated rings. The van der Waals surface area contributed by atoms with Crippen LogP contribution in [0.1, 0.15) is 59.4 Å². The van der Waals surface area contributed by atoms with Crippen molar-refractivity contribution in [2.24, 2.45) is 5.73 Å². The van der Waals surface area contributed by atoms with Crippen molar-refractivity contribution in [2.45, 2.75) is 59.4 Å². The van der Waals surface area contributed by atoms with Gasteiger partial charge in [0.25, 0.3) is 0 Å². The summed E-state index contributed by atoms with van der Waals surface area (Å²) >= 11 is 0. The Balaban J connectivity index is 1.95. The molecule has 1 amide bonds. The topological polar surface area (TPSA) is 101 Å². The first-order chi connectivity index (χ1) is 16.0. The maximum absolute atomic E-state index is 11.3. The van der Waals surface area contributed by atoms with E-state index in [1.807, 2.05) is 30.3 Å². The third-order valence-corrected chi connectivity index (χ3v) is 5.65. The van der Waals surface area contributed by atoms with Crippen LogP contribution >= 0.6 is 0 Å². The number of pyridine rings is 1. The van der Waals surface area contributed by atoms with Gasteiger partial charge in [0.05, 0.1) is 0 Å². The third-order valence-electron chi connectivity index (χ3n) is 5.65. The molecule has 2 aromatic heterocycles. The second kappa shape index (κ2) is 11.7. The number of nitrogens with zero attached hydrogens (tertiary/aromatic N) is 4. The van der Waals surface area contributed by atoms with Gasteiger partial charge in [-0.2, -0.15) is 0 Å². The number of carbonyl (C=O) groups excluding carboxylic acids is 1. The summed E-state index contributed by atoms with van der Waals surface area (Å²) in [6.07, 6.45) is 4.59. The normalized spacial score (nSPS) is 12.0. The highest BCUT2D eigenvalue weighted by atomic mass is 16.1. The molecule has 178 valence electrons. The maximum atomic E-state index is 11.3. The predicted octanol–water partition coefficient (Wildman–Crippen LogP) is 5.06. The molecule has 0 bridgehead atoms. The Bertz CT molecular complexity index is 1040. The summed E-state index contributed by atoms with van der Waals surface area (Å²) in [7, 11) is 0. The summed E-state index contributed by atoms with van der Waals surface area (Å²) in [5.74, 6) is 1.59. The lowest BCUT2D eigenvalue weighted by atomic mass is 10.2. The van der Waals surface area contributed by atoms with E-state index in [-0.39, 0.29) is 11.9 Å². The smallest absolute Gasteiger partial charge is 0.221 e. The number of hydrogen-bond acceptors (Lipinski definition) is 6. The standard InChI is InChI=1S/C25H37N7O/c1-5-7-15-31(16-8-6-2)23-14-13-22-24(30-23)32(18(3)17-26)25(29-22)28-21-11-9-20(10-12-21)27-19(4)33/h9-14,18H,5-8,15-17,26H2,1-4H3,(H,27,33)(H,28,29). The zero-order valence-electron chi connectivity index (χ0n) is 20.3. The fourth-order valence-electron chi connectivity index (χ4n) is 3.76. The molecule has 0 radical (unpaired) electrons. The van der Waals surface area contributed by atoms with E-state index in [1.54, 1.807) is 0 Å². The molecule has 1 aromatic carbocycles. The lowest BCUT2D eigenvalue weighted by molar-refractivity contribution is -0.114. The Morgan fingerprint density at radius 3 is 2.24 bits per heavy atom. The SMILES string of the molecule is CCCCN(CCCC)c1ccc2nc(Nc3ccc(NC(C)=O)cc3)n(C(C)CN)c2n1. The lowest BCUT2D eigenvalue weighted by Gasteiger charge is -2.24. The third kappa shape index (κ3) is 6.22. The van der Waals surface area contributed by atoms with Crippen molar-refractivity contribution in [1.29, 1.82) is 0 Å². The Hall–Kier alpha value is -3.13. The second-order valence-electron chi connectivity index (χ2n) is 8.48. The molecule has 8 heteroatoms. The van der Waals surface area contributed by atoms with E-state index in [4.69, 9.17) is 15.7 Å². The number of amides is 1. The van der Waals surface area contributed by atoms with Gasteiger partial charge in [-0.25, -0.2) is 9.97 Å². The number of imidazole rings is 1. The van der Waals surface area contributed by atoms with Gasteiger partial charge in [0.15, 0.2) is 5.65 Å². The van der Waals surface area contributed by atoms with E-state index in [0.717, 1.165) is 67.1 Å². The molecule has 3 aromatic rings. The molecule has 0 aliphatic heterocycles. The Morgan fingerprint density at radius 2 is 1.67 bits per heavy atom. The van der Waals surface area contributed by atoms with Crippen LogP contribution < -0.4 is 21.3 Å². The van der Waals surface area contributed by atoms with Crippen molar-refractivity contribution < 1.29 is 4.79 Å². The van der Waals surface area contributed by atoms with Crippen molar-refractivity contribution in [2.75, 3.05) is 35.2 Å². The molecule has 0 spiro atoms. The second-order valence-corrected chi connectivity index (χ2v) is 8.48. The van der Waals surface area contributed by atoms with Gasteiger partial charge in [-0.05, 0) is 56.2 Å². The maximum Gasteiger partial charge on any atom is 0.221 e. The monoisotopic (exact) mass is 451 g/mol. The summed E-state index contributed by atoms with van der Waals surface area (Å²) in [6, 6.07) is 11.7. The number of nitrogens with one attached hydrogen (secondary N) is 2. The van der Waals surface area contributed by atoms with Gasteiger partial charge in [0, 0.05) is 44.0 Å². The number of fused-ring (bicyclic) bond motifs is 1. The highest BCUT2D eigenvalue weighted by molar-refractivity contribution is 5.89. The molecule has 4 N–H and O–H groups in total. The van der Waals surface area contributed by atoms with E-state index in [2.05, 4.69) is 46.9 Å². The largest absolute Gasteiger partial charge is 0.357 e. The van der Waals surface area contributed by atoms with Crippen molar-refractivity contribution >= 4 is 40.2 Å². The fourth-order valence-corrected chi connectivity index (χ4v) is 3.76. The number of hydrogen-bond donors (Lipinski definition) is 3. The molecule has 1 unspecified atom stereocenters. The molecule has 0 saturated carbocycles. The first kappa shape index (κ1) is 24.5. The van der Waals surface area contributed by atoms with Crippen molar-refractivity contribution in [3.63, 3.8) is 0 Å². The van der Waals surface area contributed by atoms with Crippen LogP contribution in [0.4, 0.5) is 23.1 Å². The van der Waals surface area contributed by atoms with Crippen LogP contribution in [0.2, 0.25) is 0 Å². The lowest BCUT2D eigenvalue weighted by Crippen LogP contribution is -2.26. The van der Waals surface area contributed by atoms with Gasteiger partial charge in [-0.15, -0.1) is 0 Å². The first-order valence-electron chi connectivity index (χ1n) is 12.0. The minimum Gasteiger partial charge on any atom is -0.357 e.